The lowest BCUT2D eigenvalue weighted by molar-refractivity contribution is 0.700. The Balaban J connectivity index is 1.92. The summed E-state index contributed by atoms with van der Waals surface area (Å²) < 4.78 is 0. The Hall–Kier alpha value is -1.46. The summed E-state index contributed by atoms with van der Waals surface area (Å²) >= 11 is 6.92. The molecule has 1 aromatic carbocycles. The molecule has 0 aliphatic rings. The molecule has 0 spiro atoms. The Morgan fingerprint density at radius 2 is 2.06 bits per heavy atom. The van der Waals surface area contributed by atoms with Crippen LogP contribution in [0.1, 0.15) is 23.7 Å². The molecule has 0 saturated heterocycles. The summed E-state index contributed by atoms with van der Waals surface area (Å²) in [4.78, 5) is 4.44. The van der Waals surface area contributed by atoms with E-state index in [0.717, 1.165) is 16.4 Å². The van der Waals surface area contributed by atoms with Crippen molar-refractivity contribution in [2.24, 2.45) is 0 Å². The minimum Gasteiger partial charge on any atom is -0.354 e. The number of para-hydroxylation sites is 1. The van der Waals surface area contributed by atoms with Gasteiger partial charge in [0.15, 0.2) is 5.11 Å². The van der Waals surface area contributed by atoms with Gasteiger partial charge in [-0.25, -0.2) is 4.98 Å². The maximum Gasteiger partial charge on any atom is 0.171 e. The first-order valence-electron chi connectivity index (χ1n) is 5.70. The van der Waals surface area contributed by atoms with Crippen molar-refractivity contribution >= 4 is 34.4 Å². The summed E-state index contributed by atoms with van der Waals surface area (Å²) in [5, 5.41) is 10.1. The van der Waals surface area contributed by atoms with E-state index in [4.69, 9.17) is 12.2 Å². The van der Waals surface area contributed by atoms with Crippen LogP contribution in [0.3, 0.4) is 0 Å². The molecule has 3 nitrogen and oxygen atoms in total. The van der Waals surface area contributed by atoms with Crippen molar-refractivity contribution in [3.8, 4) is 0 Å². The lowest BCUT2D eigenvalue weighted by Gasteiger charge is -2.15. The van der Waals surface area contributed by atoms with E-state index < -0.39 is 0 Å². The molecule has 2 aromatic rings. The highest BCUT2D eigenvalue weighted by atomic mass is 32.1. The molecular weight excluding hydrogens is 262 g/mol. The van der Waals surface area contributed by atoms with Crippen molar-refractivity contribution in [1.82, 2.24) is 10.3 Å². The van der Waals surface area contributed by atoms with Crippen LogP contribution < -0.4 is 10.6 Å². The highest BCUT2D eigenvalue weighted by Crippen LogP contribution is 2.15. The highest BCUT2D eigenvalue weighted by Gasteiger charge is 2.09. The standard InChI is InChI=1S/C13H15N3S2/c1-9(12-8-18-10(2)15-12)14-13(17)16-11-6-4-3-5-7-11/h3-9H,1-2H3,(H2,14,16,17). The predicted molar refractivity (Wildman–Crippen MR) is 81.1 cm³/mol. The molecule has 0 aliphatic heterocycles. The van der Waals surface area contributed by atoms with Crippen LogP contribution in [0.4, 0.5) is 5.69 Å². The molecule has 0 saturated carbocycles. The minimum atomic E-state index is 0.110. The Morgan fingerprint density at radius 3 is 2.67 bits per heavy atom. The zero-order chi connectivity index (χ0) is 13.0. The number of aryl methyl sites for hydroxylation is 1. The van der Waals surface area contributed by atoms with Crippen molar-refractivity contribution in [2.45, 2.75) is 19.9 Å². The lowest BCUT2D eigenvalue weighted by Crippen LogP contribution is -2.31. The van der Waals surface area contributed by atoms with Gasteiger partial charge in [-0.3, -0.25) is 0 Å². The molecule has 0 radical (unpaired) electrons. The second-order valence-corrected chi connectivity index (χ2v) is 5.45. The molecule has 94 valence electrons. The number of thiocarbonyl (C=S) groups is 1. The first-order chi connectivity index (χ1) is 8.65. The van der Waals surface area contributed by atoms with Crippen LogP contribution in [0.15, 0.2) is 35.7 Å². The molecule has 0 bridgehead atoms. The third-order valence-corrected chi connectivity index (χ3v) is 3.47. The predicted octanol–water partition coefficient (Wildman–Crippen LogP) is 3.50. The fourth-order valence-corrected chi connectivity index (χ4v) is 2.54. The van der Waals surface area contributed by atoms with E-state index in [1.54, 1.807) is 11.3 Å². The first kappa shape index (κ1) is 13.0. The fourth-order valence-electron chi connectivity index (χ4n) is 1.54. The molecule has 5 heteroatoms. The molecule has 2 rings (SSSR count). The maximum atomic E-state index is 5.27. The van der Waals surface area contributed by atoms with Crippen molar-refractivity contribution in [1.29, 1.82) is 0 Å². The van der Waals surface area contributed by atoms with E-state index in [9.17, 15) is 0 Å². The number of aromatic nitrogens is 1. The summed E-state index contributed by atoms with van der Waals surface area (Å²) in [5.41, 5.74) is 2.01. The number of hydrogen-bond acceptors (Lipinski definition) is 3. The van der Waals surface area contributed by atoms with Crippen LogP contribution in [0.5, 0.6) is 0 Å². The maximum absolute atomic E-state index is 5.27. The molecule has 0 aliphatic carbocycles. The van der Waals surface area contributed by atoms with Gasteiger partial charge in [0.05, 0.1) is 16.7 Å². The quantitative estimate of drug-likeness (QED) is 0.842. The van der Waals surface area contributed by atoms with Crippen molar-refractivity contribution in [3.05, 3.63) is 46.4 Å². The van der Waals surface area contributed by atoms with Gasteiger partial charge in [-0.2, -0.15) is 0 Å². The van der Waals surface area contributed by atoms with Gasteiger partial charge in [0.25, 0.3) is 0 Å². The Labute approximate surface area is 116 Å². The zero-order valence-corrected chi connectivity index (χ0v) is 11.9. The third-order valence-electron chi connectivity index (χ3n) is 2.46. The molecular formula is C13H15N3S2. The van der Waals surface area contributed by atoms with E-state index >= 15 is 0 Å². The number of benzene rings is 1. The summed E-state index contributed by atoms with van der Waals surface area (Å²) in [6.45, 7) is 4.05. The van der Waals surface area contributed by atoms with Crippen LogP contribution in [0.25, 0.3) is 0 Å². The Bertz CT molecular complexity index is 522. The monoisotopic (exact) mass is 277 g/mol. The SMILES string of the molecule is Cc1nc(C(C)NC(=S)Nc2ccccc2)cs1. The van der Waals surface area contributed by atoms with E-state index in [-0.39, 0.29) is 6.04 Å². The number of thiazole rings is 1. The largest absolute Gasteiger partial charge is 0.354 e. The number of nitrogens with one attached hydrogen (secondary N) is 2. The summed E-state index contributed by atoms with van der Waals surface area (Å²) in [7, 11) is 0. The van der Waals surface area contributed by atoms with Crippen LogP contribution in [0.2, 0.25) is 0 Å². The number of anilines is 1. The number of hydrogen-bond donors (Lipinski definition) is 2. The van der Waals surface area contributed by atoms with E-state index in [1.807, 2.05) is 44.2 Å². The van der Waals surface area contributed by atoms with Gasteiger partial charge in [-0.15, -0.1) is 11.3 Å². The molecule has 1 aromatic heterocycles. The van der Waals surface area contributed by atoms with E-state index in [1.165, 1.54) is 0 Å². The summed E-state index contributed by atoms with van der Waals surface area (Å²) in [6.07, 6.45) is 0. The van der Waals surface area contributed by atoms with Gasteiger partial charge in [0, 0.05) is 11.1 Å². The lowest BCUT2D eigenvalue weighted by atomic mass is 10.3. The summed E-state index contributed by atoms with van der Waals surface area (Å²) in [6, 6.07) is 9.98. The third kappa shape index (κ3) is 3.51. The highest BCUT2D eigenvalue weighted by molar-refractivity contribution is 7.80. The van der Waals surface area contributed by atoms with Crippen LogP contribution >= 0.6 is 23.6 Å². The van der Waals surface area contributed by atoms with Crippen LogP contribution in [-0.2, 0) is 0 Å². The van der Waals surface area contributed by atoms with Crippen molar-refractivity contribution < 1.29 is 0 Å². The Kier molecular flexibility index (Phi) is 4.28. The normalized spacial score (nSPS) is 11.9. The zero-order valence-electron chi connectivity index (χ0n) is 10.3. The Morgan fingerprint density at radius 1 is 1.33 bits per heavy atom. The second kappa shape index (κ2) is 5.93. The van der Waals surface area contributed by atoms with Crippen molar-refractivity contribution in [2.75, 3.05) is 5.32 Å². The topological polar surface area (TPSA) is 37.0 Å². The van der Waals surface area contributed by atoms with Crippen LogP contribution in [-0.4, -0.2) is 10.1 Å². The molecule has 1 atom stereocenters. The van der Waals surface area contributed by atoms with Gasteiger partial charge in [-0.1, -0.05) is 18.2 Å². The van der Waals surface area contributed by atoms with E-state index in [0.29, 0.717) is 5.11 Å². The van der Waals surface area contributed by atoms with Crippen molar-refractivity contribution in [3.63, 3.8) is 0 Å². The molecule has 1 unspecified atom stereocenters. The average molecular weight is 277 g/mol. The molecule has 18 heavy (non-hydrogen) atoms. The van der Waals surface area contributed by atoms with Gasteiger partial charge >= 0.3 is 0 Å². The molecule has 2 N–H and O–H groups in total. The van der Waals surface area contributed by atoms with Crippen LogP contribution in [0, 0.1) is 6.92 Å². The average Bonchev–Trinajstić information content (AvgIpc) is 2.77. The number of nitrogens with zero attached hydrogens (tertiary/aromatic N) is 1. The first-order valence-corrected chi connectivity index (χ1v) is 6.98. The molecule has 1 heterocycles. The minimum absolute atomic E-state index is 0.110. The second-order valence-electron chi connectivity index (χ2n) is 3.98. The smallest absolute Gasteiger partial charge is 0.171 e. The van der Waals surface area contributed by atoms with Gasteiger partial charge in [0.2, 0.25) is 0 Å². The number of rotatable bonds is 3. The van der Waals surface area contributed by atoms with Gasteiger partial charge in [-0.05, 0) is 38.2 Å². The fraction of sp³-hybridized carbons (Fsp3) is 0.231. The van der Waals surface area contributed by atoms with Gasteiger partial charge < -0.3 is 10.6 Å². The van der Waals surface area contributed by atoms with Gasteiger partial charge in [0.1, 0.15) is 0 Å². The van der Waals surface area contributed by atoms with E-state index in [2.05, 4.69) is 21.0 Å². The molecule has 0 fully saturated rings. The molecule has 0 amide bonds. The summed E-state index contributed by atoms with van der Waals surface area (Å²) in [5.74, 6) is 0.